The van der Waals surface area contributed by atoms with Crippen molar-refractivity contribution in [3.63, 3.8) is 0 Å². The van der Waals surface area contributed by atoms with Crippen LogP contribution < -0.4 is 4.90 Å². The van der Waals surface area contributed by atoms with Crippen molar-refractivity contribution in [1.29, 1.82) is 0 Å². The Morgan fingerprint density at radius 1 is 1.07 bits per heavy atom. The Bertz CT molecular complexity index is 468. The van der Waals surface area contributed by atoms with Gasteiger partial charge in [0.2, 0.25) is 0 Å². The van der Waals surface area contributed by atoms with Crippen molar-refractivity contribution in [2.75, 3.05) is 19.0 Å². The highest BCUT2D eigenvalue weighted by molar-refractivity contribution is 5.90. The Hall–Kier alpha value is -1.44. The molecule has 0 aliphatic carbocycles. The van der Waals surface area contributed by atoms with E-state index in [0.717, 1.165) is 17.0 Å². The van der Waals surface area contributed by atoms with Crippen LogP contribution in [0.25, 0.3) is 11.0 Å². The van der Waals surface area contributed by atoms with Crippen molar-refractivity contribution in [2.24, 2.45) is 0 Å². The molecule has 0 atom stereocenters. The van der Waals surface area contributed by atoms with E-state index in [4.69, 9.17) is 4.42 Å². The Morgan fingerprint density at radius 3 is 2.43 bits per heavy atom. The minimum Gasteiger partial charge on any atom is -0.459 e. The van der Waals surface area contributed by atoms with Gasteiger partial charge in [-0.2, -0.15) is 0 Å². The fourth-order valence-electron chi connectivity index (χ4n) is 1.74. The smallest absolute Gasteiger partial charge is 0.157 e. The molecule has 2 nitrogen and oxygen atoms in total. The minimum atomic E-state index is 0.966. The maximum atomic E-state index is 5.67. The summed E-state index contributed by atoms with van der Waals surface area (Å²) in [7, 11) is 4.07. The molecule has 0 bridgehead atoms. The van der Waals surface area contributed by atoms with Crippen LogP contribution in [0.1, 0.15) is 11.3 Å². The average molecular weight is 189 g/mol. The normalized spacial score (nSPS) is 10.9. The molecule has 0 radical (unpaired) electrons. The predicted molar refractivity (Wildman–Crippen MR) is 60.0 cm³/mol. The number of benzene rings is 1. The summed E-state index contributed by atoms with van der Waals surface area (Å²) in [6, 6.07) is 6.37. The zero-order valence-corrected chi connectivity index (χ0v) is 9.09. The molecular formula is C12H15NO. The molecule has 0 spiro atoms. The fourth-order valence-corrected chi connectivity index (χ4v) is 1.74. The third-order valence-corrected chi connectivity index (χ3v) is 2.35. The predicted octanol–water partition coefficient (Wildman–Crippen LogP) is 3.12. The lowest BCUT2D eigenvalue weighted by atomic mass is 10.1. The molecule has 0 N–H and O–H groups in total. The molecule has 0 saturated carbocycles. The number of aryl methyl sites for hydroxylation is 2. The molecule has 2 rings (SSSR count). The zero-order valence-electron chi connectivity index (χ0n) is 9.09. The van der Waals surface area contributed by atoms with Gasteiger partial charge in [0, 0.05) is 19.5 Å². The molecule has 0 saturated heterocycles. The molecule has 1 aromatic carbocycles. The molecule has 2 heteroatoms. The maximum absolute atomic E-state index is 5.67. The monoisotopic (exact) mass is 189 g/mol. The van der Waals surface area contributed by atoms with Crippen molar-refractivity contribution in [2.45, 2.75) is 13.8 Å². The van der Waals surface area contributed by atoms with E-state index in [9.17, 15) is 0 Å². The molecule has 0 aliphatic rings. The van der Waals surface area contributed by atoms with E-state index in [0.29, 0.717) is 0 Å². The summed E-state index contributed by atoms with van der Waals surface area (Å²) in [6.45, 7) is 4.09. The standard InChI is InChI=1S/C12H15NO/c1-8-5-10-7-9(2)14-12(10)11(6-8)13(3)4/h5-7H,1-4H3. The third-order valence-electron chi connectivity index (χ3n) is 2.35. The van der Waals surface area contributed by atoms with E-state index in [2.05, 4.69) is 30.0 Å². The summed E-state index contributed by atoms with van der Waals surface area (Å²) in [5.74, 6) is 0.966. The van der Waals surface area contributed by atoms with Gasteiger partial charge in [-0.3, -0.25) is 0 Å². The molecule has 74 valence electrons. The lowest BCUT2D eigenvalue weighted by molar-refractivity contribution is 0.578. The number of furan rings is 1. The first-order valence-electron chi connectivity index (χ1n) is 4.76. The summed E-state index contributed by atoms with van der Waals surface area (Å²) in [5.41, 5.74) is 3.40. The Labute approximate surface area is 84.1 Å². The van der Waals surface area contributed by atoms with Crippen LogP contribution in [0.3, 0.4) is 0 Å². The summed E-state index contributed by atoms with van der Waals surface area (Å²) in [5, 5.41) is 1.19. The lowest BCUT2D eigenvalue weighted by Crippen LogP contribution is -2.08. The first-order valence-corrected chi connectivity index (χ1v) is 4.76. The molecule has 0 amide bonds. The first kappa shape index (κ1) is 9.13. The van der Waals surface area contributed by atoms with Crippen molar-refractivity contribution in [1.82, 2.24) is 0 Å². The van der Waals surface area contributed by atoms with Crippen LogP contribution in [0.15, 0.2) is 22.6 Å². The summed E-state index contributed by atoms with van der Waals surface area (Å²) >= 11 is 0. The van der Waals surface area contributed by atoms with E-state index in [1.54, 1.807) is 0 Å². The first-order chi connectivity index (χ1) is 6.58. The van der Waals surface area contributed by atoms with Crippen LogP contribution in [0.5, 0.6) is 0 Å². The Kier molecular flexibility index (Phi) is 1.99. The van der Waals surface area contributed by atoms with Crippen LogP contribution in [0.2, 0.25) is 0 Å². The van der Waals surface area contributed by atoms with Crippen molar-refractivity contribution >= 4 is 16.7 Å². The van der Waals surface area contributed by atoms with Gasteiger partial charge in [0.1, 0.15) is 5.76 Å². The van der Waals surface area contributed by atoms with Gasteiger partial charge >= 0.3 is 0 Å². The van der Waals surface area contributed by atoms with Crippen LogP contribution in [-0.2, 0) is 0 Å². The second kappa shape index (κ2) is 3.05. The summed E-state index contributed by atoms with van der Waals surface area (Å²) in [4.78, 5) is 2.08. The molecule has 1 heterocycles. The van der Waals surface area contributed by atoms with Gasteiger partial charge in [0.05, 0.1) is 5.69 Å². The summed E-state index contributed by atoms with van der Waals surface area (Å²) in [6.07, 6.45) is 0. The van der Waals surface area contributed by atoms with Crippen LogP contribution in [0.4, 0.5) is 5.69 Å². The molecule has 14 heavy (non-hydrogen) atoms. The minimum absolute atomic E-state index is 0.966. The number of fused-ring (bicyclic) bond motifs is 1. The molecule has 0 aliphatic heterocycles. The number of hydrogen-bond donors (Lipinski definition) is 0. The SMILES string of the molecule is Cc1cc(N(C)C)c2oc(C)cc2c1. The molecule has 0 unspecified atom stereocenters. The van der Waals surface area contributed by atoms with E-state index < -0.39 is 0 Å². The fraction of sp³-hybridized carbons (Fsp3) is 0.333. The number of hydrogen-bond acceptors (Lipinski definition) is 2. The second-order valence-corrected chi connectivity index (χ2v) is 3.95. The highest BCUT2D eigenvalue weighted by Crippen LogP contribution is 2.29. The van der Waals surface area contributed by atoms with E-state index >= 15 is 0 Å². The van der Waals surface area contributed by atoms with Gasteiger partial charge in [0.25, 0.3) is 0 Å². The topological polar surface area (TPSA) is 16.4 Å². The second-order valence-electron chi connectivity index (χ2n) is 3.95. The van der Waals surface area contributed by atoms with E-state index in [-0.39, 0.29) is 0 Å². The highest BCUT2D eigenvalue weighted by atomic mass is 16.3. The van der Waals surface area contributed by atoms with E-state index in [1.165, 1.54) is 10.9 Å². The van der Waals surface area contributed by atoms with Crippen LogP contribution in [-0.4, -0.2) is 14.1 Å². The molecule has 0 fully saturated rings. The largest absolute Gasteiger partial charge is 0.459 e. The maximum Gasteiger partial charge on any atom is 0.157 e. The average Bonchev–Trinajstić information content (AvgIpc) is 2.42. The van der Waals surface area contributed by atoms with Crippen molar-refractivity contribution < 1.29 is 4.42 Å². The van der Waals surface area contributed by atoms with E-state index in [1.807, 2.05) is 21.0 Å². The Morgan fingerprint density at radius 2 is 1.79 bits per heavy atom. The lowest BCUT2D eigenvalue weighted by Gasteiger charge is -2.13. The van der Waals surface area contributed by atoms with Gasteiger partial charge in [-0.25, -0.2) is 0 Å². The highest BCUT2D eigenvalue weighted by Gasteiger charge is 2.08. The molecule has 1 aromatic heterocycles. The van der Waals surface area contributed by atoms with Gasteiger partial charge in [-0.15, -0.1) is 0 Å². The Balaban J connectivity index is 2.79. The number of nitrogens with zero attached hydrogens (tertiary/aromatic N) is 1. The van der Waals surface area contributed by atoms with Crippen molar-refractivity contribution in [3.8, 4) is 0 Å². The molecular weight excluding hydrogens is 174 g/mol. The molecule has 2 aromatic rings. The van der Waals surface area contributed by atoms with Crippen LogP contribution >= 0.6 is 0 Å². The number of rotatable bonds is 1. The third kappa shape index (κ3) is 1.37. The zero-order chi connectivity index (χ0) is 10.3. The van der Waals surface area contributed by atoms with Gasteiger partial charge in [0.15, 0.2) is 5.58 Å². The van der Waals surface area contributed by atoms with Gasteiger partial charge in [-0.1, -0.05) is 0 Å². The van der Waals surface area contributed by atoms with Crippen LogP contribution in [0, 0.1) is 13.8 Å². The van der Waals surface area contributed by atoms with Crippen molar-refractivity contribution in [3.05, 3.63) is 29.5 Å². The number of anilines is 1. The van der Waals surface area contributed by atoms with Gasteiger partial charge < -0.3 is 9.32 Å². The van der Waals surface area contributed by atoms with Gasteiger partial charge in [-0.05, 0) is 37.6 Å². The summed E-state index contributed by atoms with van der Waals surface area (Å²) < 4.78 is 5.67. The quantitative estimate of drug-likeness (QED) is 0.685.